The van der Waals surface area contributed by atoms with Crippen molar-refractivity contribution in [2.24, 2.45) is 0 Å². The summed E-state index contributed by atoms with van der Waals surface area (Å²) in [7, 11) is -3.43. The summed E-state index contributed by atoms with van der Waals surface area (Å²) in [6, 6.07) is 6.28. The standard InChI is InChI=1S/C13H19NO4S/c1-2-14(11-5-3-6-12(15)9-11)19(16,17)10-13-7-4-8-18-13/h3,5-6,9,13,15H,2,4,7-8,10H2,1H3. The van der Waals surface area contributed by atoms with Crippen LogP contribution in [0, 0.1) is 0 Å². The molecule has 1 N–H and O–H groups in total. The molecule has 1 heterocycles. The lowest BCUT2D eigenvalue weighted by atomic mass is 10.3. The number of anilines is 1. The fourth-order valence-corrected chi connectivity index (χ4v) is 4.03. The first-order valence-electron chi connectivity index (χ1n) is 6.44. The molecule has 19 heavy (non-hydrogen) atoms. The summed E-state index contributed by atoms with van der Waals surface area (Å²) in [5.74, 6) is 0.0551. The van der Waals surface area contributed by atoms with Gasteiger partial charge in [0.25, 0.3) is 0 Å². The summed E-state index contributed by atoms with van der Waals surface area (Å²) < 4.78 is 31.5. The van der Waals surface area contributed by atoms with Gasteiger partial charge in [-0.3, -0.25) is 4.31 Å². The molecule has 0 bridgehead atoms. The normalized spacial score (nSPS) is 19.5. The molecule has 0 amide bonds. The molecule has 2 rings (SSSR count). The van der Waals surface area contributed by atoms with Crippen molar-refractivity contribution in [2.75, 3.05) is 23.2 Å². The highest BCUT2D eigenvalue weighted by atomic mass is 32.2. The van der Waals surface area contributed by atoms with Crippen molar-refractivity contribution in [2.45, 2.75) is 25.9 Å². The second kappa shape index (κ2) is 5.79. The van der Waals surface area contributed by atoms with E-state index in [1.54, 1.807) is 19.1 Å². The maximum Gasteiger partial charge on any atom is 0.237 e. The number of nitrogens with zero attached hydrogens (tertiary/aromatic N) is 1. The molecule has 6 heteroatoms. The van der Waals surface area contributed by atoms with E-state index in [-0.39, 0.29) is 17.6 Å². The topological polar surface area (TPSA) is 66.8 Å². The van der Waals surface area contributed by atoms with Crippen molar-refractivity contribution in [1.82, 2.24) is 0 Å². The van der Waals surface area contributed by atoms with Crippen LogP contribution >= 0.6 is 0 Å². The summed E-state index contributed by atoms with van der Waals surface area (Å²) in [5, 5.41) is 9.46. The van der Waals surface area contributed by atoms with Gasteiger partial charge in [-0.1, -0.05) is 6.07 Å². The van der Waals surface area contributed by atoms with Gasteiger partial charge in [-0.2, -0.15) is 0 Å². The Labute approximate surface area is 113 Å². The number of ether oxygens (including phenoxy) is 1. The minimum absolute atomic E-state index is 0.00348. The highest BCUT2D eigenvalue weighted by molar-refractivity contribution is 7.92. The van der Waals surface area contributed by atoms with Crippen molar-refractivity contribution in [3.8, 4) is 5.75 Å². The highest BCUT2D eigenvalue weighted by Gasteiger charge is 2.28. The number of hydrogen-bond acceptors (Lipinski definition) is 4. The van der Waals surface area contributed by atoms with Crippen LogP contribution in [0.4, 0.5) is 5.69 Å². The zero-order valence-electron chi connectivity index (χ0n) is 10.9. The Morgan fingerprint density at radius 1 is 1.47 bits per heavy atom. The van der Waals surface area contributed by atoms with Crippen molar-refractivity contribution >= 4 is 15.7 Å². The molecule has 5 nitrogen and oxygen atoms in total. The van der Waals surface area contributed by atoms with Crippen LogP contribution in [0.5, 0.6) is 5.75 Å². The van der Waals surface area contributed by atoms with Gasteiger partial charge in [-0.05, 0) is 31.9 Å². The first-order valence-corrected chi connectivity index (χ1v) is 8.05. The largest absolute Gasteiger partial charge is 0.508 e. The summed E-state index contributed by atoms with van der Waals surface area (Å²) >= 11 is 0. The zero-order chi connectivity index (χ0) is 13.9. The van der Waals surface area contributed by atoms with Crippen molar-refractivity contribution in [3.05, 3.63) is 24.3 Å². The van der Waals surface area contributed by atoms with Gasteiger partial charge in [0.15, 0.2) is 0 Å². The van der Waals surface area contributed by atoms with Crippen LogP contribution in [0.1, 0.15) is 19.8 Å². The van der Waals surface area contributed by atoms with E-state index >= 15 is 0 Å². The average Bonchev–Trinajstić information content (AvgIpc) is 2.81. The minimum atomic E-state index is -3.43. The molecular weight excluding hydrogens is 266 g/mol. The van der Waals surface area contributed by atoms with Gasteiger partial charge in [-0.15, -0.1) is 0 Å². The van der Waals surface area contributed by atoms with Crippen LogP contribution in [-0.2, 0) is 14.8 Å². The van der Waals surface area contributed by atoms with Crippen LogP contribution in [0.15, 0.2) is 24.3 Å². The van der Waals surface area contributed by atoms with Crippen molar-refractivity contribution < 1.29 is 18.3 Å². The monoisotopic (exact) mass is 285 g/mol. The number of aromatic hydroxyl groups is 1. The smallest absolute Gasteiger partial charge is 0.237 e. The lowest BCUT2D eigenvalue weighted by Gasteiger charge is -2.24. The van der Waals surface area contributed by atoms with E-state index in [0.717, 1.165) is 12.8 Å². The van der Waals surface area contributed by atoms with Gasteiger partial charge in [-0.25, -0.2) is 8.42 Å². The Morgan fingerprint density at radius 2 is 2.26 bits per heavy atom. The van der Waals surface area contributed by atoms with Crippen LogP contribution in [0.2, 0.25) is 0 Å². The Hall–Kier alpha value is -1.27. The SMILES string of the molecule is CCN(c1cccc(O)c1)S(=O)(=O)CC1CCCO1. The second-order valence-electron chi connectivity index (χ2n) is 4.60. The van der Waals surface area contributed by atoms with Gasteiger partial charge in [0.05, 0.1) is 17.5 Å². The molecule has 1 aromatic carbocycles. The van der Waals surface area contributed by atoms with Crippen molar-refractivity contribution in [3.63, 3.8) is 0 Å². The van der Waals surface area contributed by atoms with E-state index < -0.39 is 10.0 Å². The van der Waals surface area contributed by atoms with E-state index in [9.17, 15) is 13.5 Å². The maximum absolute atomic E-state index is 12.4. The zero-order valence-corrected chi connectivity index (χ0v) is 11.8. The van der Waals surface area contributed by atoms with E-state index in [0.29, 0.717) is 18.8 Å². The molecule has 0 aliphatic carbocycles. The van der Waals surface area contributed by atoms with Gasteiger partial charge >= 0.3 is 0 Å². The fourth-order valence-electron chi connectivity index (χ4n) is 2.29. The molecule has 0 spiro atoms. The Bertz CT molecular complexity index is 523. The van der Waals surface area contributed by atoms with Gasteiger partial charge in [0.1, 0.15) is 5.75 Å². The molecular formula is C13H19NO4S. The number of hydrogen-bond donors (Lipinski definition) is 1. The molecule has 1 aliphatic heterocycles. The van der Waals surface area contributed by atoms with Gasteiger partial charge in [0, 0.05) is 19.2 Å². The number of phenolic OH excluding ortho intramolecular Hbond substituents is 1. The number of phenols is 1. The molecule has 1 saturated heterocycles. The Kier molecular flexibility index (Phi) is 4.31. The molecule has 1 fully saturated rings. The first-order chi connectivity index (χ1) is 9.03. The summed E-state index contributed by atoms with van der Waals surface area (Å²) in [5.41, 5.74) is 0.487. The quantitative estimate of drug-likeness (QED) is 0.894. The molecule has 1 aliphatic rings. The number of rotatable bonds is 5. The summed E-state index contributed by atoms with van der Waals surface area (Å²) in [6.45, 7) is 2.74. The molecule has 0 aromatic heterocycles. The highest BCUT2D eigenvalue weighted by Crippen LogP contribution is 2.24. The van der Waals surface area contributed by atoms with E-state index in [1.165, 1.54) is 16.4 Å². The van der Waals surface area contributed by atoms with Crippen LogP contribution in [0.3, 0.4) is 0 Å². The van der Waals surface area contributed by atoms with E-state index in [4.69, 9.17) is 4.74 Å². The minimum Gasteiger partial charge on any atom is -0.508 e. The molecule has 0 radical (unpaired) electrons. The summed E-state index contributed by atoms with van der Waals surface area (Å²) in [4.78, 5) is 0. The van der Waals surface area contributed by atoms with Gasteiger partial charge < -0.3 is 9.84 Å². The number of sulfonamides is 1. The average molecular weight is 285 g/mol. The number of benzene rings is 1. The fraction of sp³-hybridized carbons (Fsp3) is 0.538. The molecule has 1 atom stereocenters. The molecule has 0 saturated carbocycles. The summed E-state index contributed by atoms with van der Waals surface area (Å²) in [6.07, 6.45) is 1.49. The molecule has 1 aromatic rings. The van der Waals surface area contributed by atoms with Crippen molar-refractivity contribution in [1.29, 1.82) is 0 Å². The lowest BCUT2D eigenvalue weighted by Crippen LogP contribution is -2.36. The third-order valence-corrected chi connectivity index (χ3v) is 5.09. The Morgan fingerprint density at radius 3 is 2.84 bits per heavy atom. The second-order valence-corrected chi connectivity index (χ2v) is 6.54. The maximum atomic E-state index is 12.4. The van der Waals surface area contributed by atoms with Gasteiger partial charge in [0.2, 0.25) is 10.0 Å². The predicted molar refractivity (Wildman–Crippen MR) is 73.9 cm³/mol. The molecule has 1 unspecified atom stereocenters. The van der Waals surface area contributed by atoms with Crippen LogP contribution in [-0.4, -0.2) is 38.5 Å². The molecule has 106 valence electrons. The third kappa shape index (κ3) is 3.39. The van der Waals surface area contributed by atoms with E-state index in [2.05, 4.69) is 0 Å². The van der Waals surface area contributed by atoms with E-state index in [1.807, 2.05) is 0 Å². The lowest BCUT2D eigenvalue weighted by molar-refractivity contribution is 0.127. The van der Waals surface area contributed by atoms with Crippen LogP contribution < -0.4 is 4.31 Å². The third-order valence-electron chi connectivity index (χ3n) is 3.16. The first kappa shape index (κ1) is 14.1. The van der Waals surface area contributed by atoms with Crippen LogP contribution in [0.25, 0.3) is 0 Å². The Balaban J connectivity index is 2.20. The predicted octanol–water partition coefficient (Wildman–Crippen LogP) is 1.73.